The minimum Gasteiger partial charge on any atom is -0.492 e. The number of benzene rings is 1. The number of nitrogens with zero attached hydrogens (tertiary/aromatic N) is 5. The first-order valence-electron chi connectivity index (χ1n) is 8.25. The molecule has 1 aliphatic rings. The second kappa shape index (κ2) is 7.68. The van der Waals surface area contributed by atoms with Gasteiger partial charge < -0.3 is 9.64 Å². The minimum absolute atomic E-state index is 0.0304. The number of hydrogen-bond donors (Lipinski definition) is 0. The Hall–Kier alpha value is -2.70. The van der Waals surface area contributed by atoms with Gasteiger partial charge in [0, 0.05) is 38.6 Å². The van der Waals surface area contributed by atoms with E-state index >= 15 is 0 Å². The fourth-order valence-electron chi connectivity index (χ4n) is 2.78. The molecular formula is C17H19N5O3S. The van der Waals surface area contributed by atoms with Crippen molar-refractivity contribution in [1.29, 1.82) is 5.26 Å². The highest BCUT2D eigenvalue weighted by molar-refractivity contribution is 7.89. The van der Waals surface area contributed by atoms with E-state index in [1.54, 1.807) is 31.5 Å². The summed E-state index contributed by atoms with van der Waals surface area (Å²) in [6.45, 7) is 3.73. The maximum absolute atomic E-state index is 13.1. The van der Waals surface area contributed by atoms with Crippen LogP contribution in [0.2, 0.25) is 0 Å². The predicted octanol–water partition coefficient (Wildman–Crippen LogP) is 1.26. The standard InChI is InChI=1S/C17H19N5O3S/c1-2-25-15-5-4-14(13-18)12-16(15)26(23,24)22-10-8-21(9-11-22)17-19-6-3-7-20-17/h3-7,12H,2,8-11H2,1H3. The van der Waals surface area contributed by atoms with E-state index in [-0.39, 0.29) is 16.2 Å². The molecule has 1 aliphatic heterocycles. The monoisotopic (exact) mass is 373 g/mol. The molecule has 1 aromatic heterocycles. The highest BCUT2D eigenvalue weighted by atomic mass is 32.2. The van der Waals surface area contributed by atoms with Crippen molar-refractivity contribution in [3.05, 3.63) is 42.2 Å². The lowest BCUT2D eigenvalue weighted by Gasteiger charge is -2.34. The number of rotatable bonds is 5. The molecule has 1 fully saturated rings. The fourth-order valence-corrected chi connectivity index (χ4v) is 4.36. The number of nitriles is 1. The molecule has 136 valence electrons. The largest absolute Gasteiger partial charge is 0.492 e. The normalized spacial score (nSPS) is 15.5. The van der Waals surface area contributed by atoms with Crippen LogP contribution in [0.1, 0.15) is 12.5 Å². The van der Waals surface area contributed by atoms with Gasteiger partial charge in [0.15, 0.2) is 0 Å². The number of ether oxygens (including phenoxy) is 1. The zero-order valence-corrected chi connectivity index (χ0v) is 15.2. The van der Waals surface area contributed by atoms with Gasteiger partial charge in [-0.3, -0.25) is 0 Å². The van der Waals surface area contributed by atoms with Crippen molar-refractivity contribution in [2.45, 2.75) is 11.8 Å². The molecule has 2 heterocycles. The average Bonchev–Trinajstić information content (AvgIpc) is 2.69. The third-order valence-electron chi connectivity index (χ3n) is 4.06. The van der Waals surface area contributed by atoms with Gasteiger partial charge in [0.05, 0.1) is 18.2 Å². The van der Waals surface area contributed by atoms with Crippen LogP contribution in [0, 0.1) is 11.3 Å². The van der Waals surface area contributed by atoms with Crippen LogP contribution < -0.4 is 9.64 Å². The molecule has 0 amide bonds. The second-order valence-electron chi connectivity index (χ2n) is 5.65. The van der Waals surface area contributed by atoms with Crippen LogP contribution in [0.3, 0.4) is 0 Å². The number of sulfonamides is 1. The maximum atomic E-state index is 13.1. The van der Waals surface area contributed by atoms with Crippen molar-refractivity contribution in [2.75, 3.05) is 37.7 Å². The molecule has 0 saturated carbocycles. The first-order chi connectivity index (χ1) is 12.6. The van der Waals surface area contributed by atoms with E-state index in [2.05, 4.69) is 9.97 Å². The third-order valence-corrected chi connectivity index (χ3v) is 5.98. The van der Waals surface area contributed by atoms with Gasteiger partial charge in [0.2, 0.25) is 16.0 Å². The quantitative estimate of drug-likeness (QED) is 0.778. The molecule has 1 aromatic carbocycles. The van der Waals surface area contributed by atoms with Crippen molar-refractivity contribution in [3.8, 4) is 11.8 Å². The van der Waals surface area contributed by atoms with Gasteiger partial charge in [-0.1, -0.05) is 0 Å². The first kappa shape index (κ1) is 18.1. The van der Waals surface area contributed by atoms with Crippen molar-refractivity contribution in [3.63, 3.8) is 0 Å². The van der Waals surface area contributed by atoms with Gasteiger partial charge in [-0.25, -0.2) is 18.4 Å². The molecule has 0 unspecified atom stereocenters. The Bertz CT molecular complexity index is 904. The van der Waals surface area contributed by atoms with Gasteiger partial charge in [-0.2, -0.15) is 9.57 Å². The minimum atomic E-state index is -3.76. The average molecular weight is 373 g/mol. The van der Waals surface area contributed by atoms with Gasteiger partial charge in [-0.05, 0) is 31.2 Å². The molecule has 26 heavy (non-hydrogen) atoms. The molecule has 0 radical (unpaired) electrons. The molecule has 0 N–H and O–H groups in total. The first-order valence-corrected chi connectivity index (χ1v) is 9.69. The number of piperazine rings is 1. The van der Waals surface area contributed by atoms with E-state index in [9.17, 15) is 8.42 Å². The Balaban J connectivity index is 1.83. The summed E-state index contributed by atoms with van der Waals surface area (Å²) in [7, 11) is -3.76. The lowest BCUT2D eigenvalue weighted by molar-refractivity contribution is 0.327. The van der Waals surface area contributed by atoms with E-state index < -0.39 is 10.0 Å². The summed E-state index contributed by atoms with van der Waals surface area (Å²) in [4.78, 5) is 10.4. The van der Waals surface area contributed by atoms with Crippen LogP contribution >= 0.6 is 0 Å². The Morgan fingerprint density at radius 3 is 2.50 bits per heavy atom. The Labute approximate surface area is 152 Å². The van der Waals surface area contributed by atoms with E-state index in [4.69, 9.17) is 10.00 Å². The summed E-state index contributed by atoms with van der Waals surface area (Å²) in [6, 6.07) is 8.16. The highest BCUT2D eigenvalue weighted by Crippen LogP contribution is 2.29. The van der Waals surface area contributed by atoms with Gasteiger partial charge in [-0.15, -0.1) is 0 Å². The van der Waals surface area contributed by atoms with Gasteiger partial charge in [0.25, 0.3) is 0 Å². The van der Waals surface area contributed by atoms with Gasteiger partial charge in [0.1, 0.15) is 10.6 Å². The predicted molar refractivity (Wildman–Crippen MR) is 95.3 cm³/mol. The lowest BCUT2D eigenvalue weighted by atomic mass is 10.2. The van der Waals surface area contributed by atoms with Crippen molar-refractivity contribution >= 4 is 16.0 Å². The van der Waals surface area contributed by atoms with E-state index in [1.165, 1.54) is 16.4 Å². The number of anilines is 1. The van der Waals surface area contributed by atoms with Crippen LogP contribution in [0.15, 0.2) is 41.6 Å². The Morgan fingerprint density at radius 1 is 1.19 bits per heavy atom. The van der Waals surface area contributed by atoms with Crippen molar-refractivity contribution < 1.29 is 13.2 Å². The Kier molecular flexibility index (Phi) is 5.35. The summed E-state index contributed by atoms with van der Waals surface area (Å²) in [5.41, 5.74) is 0.281. The molecule has 1 saturated heterocycles. The smallest absolute Gasteiger partial charge is 0.246 e. The summed E-state index contributed by atoms with van der Waals surface area (Å²) in [6.07, 6.45) is 3.32. The topological polar surface area (TPSA) is 99.4 Å². The lowest BCUT2D eigenvalue weighted by Crippen LogP contribution is -2.49. The molecule has 8 nitrogen and oxygen atoms in total. The third kappa shape index (κ3) is 3.61. The molecule has 0 aliphatic carbocycles. The molecule has 0 spiro atoms. The summed E-state index contributed by atoms with van der Waals surface area (Å²) in [5, 5.41) is 9.10. The molecule has 9 heteroatoms. The van der Waals surface area contributed by atoms with E-state index in [0.717, 1.165) is 0 Å². The molecule has 2 aromatic rings. The zero-order chi connectivity index (χ0) is 18.6. The fraction of sp³-hybridized carbons (Fsp3) is 0.353. The van der Waals surface area contributed by atoms with Crippen LogP contribution in [0.4, 0.5) is 5.95 Å². The van der Waals surface area contributed by atoms with Crippen LogP contribution in [-0.2, 0) is 10.0 Å². The van der Waals surface area contributed by atoms with E-state index in [1.807, 2.05) is 11.0 Å². The second-order valence-corrected chi connectivity index (χ2v) is 7.55. The summed E-state index contributed by atoms with van der Waals surface area (Å²) in [5.74, 6) is 0.853. The van der Waals surface area contributed by atoms with Gasteiger partial charge >= 0.3 is 0 Å². The maximum Gasteiger partial charge on any atom is 0.246 e. The van der Waals surface area contributed by atoms with Crippen LogP contribution in [0.25, 0.3) is 0 Å². The zero-order valence-electron chi connectivity index (χ0n) is 14.4. The molecular weight excluding hydrogens is 354 g/mol. The van der Waals surface area contributed by atoms with Crippen LogP contribution in [0.5, 0.6) is 5.75 Å². The van der Waals surface area contributed by atoms with Crippen molar-refractivity contribution in [2.24, 2.45) is 0 Å². The highest BCUT2D eigenvalue weighted by Gasteiger charge is 2.31. The molecule has 0 atom stereocenters. The number of aromatic nitrogens is 2. The van der Waals surface area contributed by atoms with Crippen LogP contribution in [-0.4, -0.2) is 55.5 Å². The molecule has 3 rings (SSSR count). The molecule has 0 bridgehead atoms. The van der Waals surface area contributed by atoms with E-state index in [0.29, 0.717) is 38.7 Å². The summed E-state index contributed by atoms with van der Waals surface area (Å²) >= 11 is 0. The van der Waals surface area contributed by atoms with Crippen molar-refractivity contribution in [1.82, 2.24) is 14.3 Å². The number of hydrogen-bond acceptors (Lipinski definition) is 7. The summed E-state index contributed by atoms with van der Waals surface area (Å²) < 4.78 is 33.0. The Morgan fingerprint density at radius 2 is 1.88 bits per heavy atom. The SMILES string of the molecule is CCOc1ccc(C#N)cc1S(=O)(=O)N1CCN(c2ncccn2)CC1.